The highest BCUT2D eigenvalue weighted by Crippen LogP contribution is 2.26. The van der Waals surface area contributed by atoms with Crippen molar-refractivity contribution in [1.29, 1.82) is 0 Å². The minimum atomic E-state index is 0.808. The van der Waals surface area contributed by atoms with Gasteiger partial charge in [-0.05, 0) is 52.2 Å². The highest BCUT2D eigenvalue weighted by atomic mass is 15.2. The van der Waals surface area contributed by atoms with E-state index < -0.39 is 0 Å². The first-order chi connectivity index (χ1) is 7.81. The average Bonchev–Trinajstić information content (AvgIpc) is 2.68. The van der Waals surface area contributed by atoms with Gasteiger partial charge in [0.1, 0.15) is 0 Å². The summed E-state index contributed by atoms with van der Waals surface area (Å²) in [6.07, 6.45) is 8.36. The summed E-state index contributed by atoms with van der Waals surface area (Å²) in [6, 6.07) is 1.64. The molecule has 0 spiro atoms. The van der Waals surface area contributed by atoms with E-state index in [4.69, 9.17) is 5.73 Å². The Balaban J connectivity index is 1.85. The van der Waals surface area contributed by atoms with E-state index in [1.54, 1.807) is 0 Å². The third kappa shape index (κ3) is 2.96. The zero-order valence-corrected chi connectivity index (χ0v) is 10.7. The Kier molecular flexibility index (Phi) is 4.62. The molecule has 0 radical (unpaired) electrons. The Morgan fingerprint density at radius 2 is 1.88 bits per heavy atom. The molecule has 0 aromatic rings. The summed E-state index contributed by atoms with van der Waals surface area (Å²) in [6.45, 7) is 4.49. The molecule has 0 bridgehead atoms. The van der Waals surface area contributed by atoms with Crippen LogP contribution in [-0.2, 0) is 0 Å². The summed E-state index contributed by atoms with van der Waals surface area (Å²) in [5.74, 6) is 0. The first kappa shape index (κ1) is 12.3. The number of piperidine rings is 1. The highest BCUT2D eigenvalue weighted by Gasteiger charge is 2.28. The quantitative estimate of drug-likeness (QED) is 0.782. The maximum Gasteiger partial charge on any atom is 0.0111 e. The first-order valence-electron chi connectivity index (χ1n) is 6.95. The second-order valence-corrected chi connectivity index (χ2v) is 5.49. The second kappa shape index (κ2) is 5.99. The molecule has 0 aliphatic carbocycles. The summed E-state index contributed by atoms with van der Waals surface area (Å²) in [5, 5.41) is 0. The lowest BCUT2D eigenvalue weighted by atomic mass is 9.95. The van der Waals surface area contributed by atoms with Crippen LogP contribution in [0.2, 0.25) is 0 Å². The third-order valence-electron chi connectivity index (χ3n) is 4.38. The SMILES string of the molecule is CN1CCCC1CC1CCCCN1CCN. The van der Waals surface area contributed by atoms with Crippen molar-refractivity contribution in [3.05, 3.63) is 0 Å². The van der Waals surface area contributed by atoms with Gasteiger partial charge in [-0.1, -0.05) is 6.42 Å². The first-order valence-corrected chi connectivity index (χ1v) is 6.95. The van der Waals surface area contributed by atoms with Gasteiger partial charge in [0.25, 0.3) is 0 Å². The Bertz CT molecular complexity index is 205. The number of rotatable bonds is 4. The normalized spacial score (nSPS) is 33.4. The second-order valence-electron chi connectivity index (χ2n) is 5.49. The van der Waals surface area contributed by atoms with Gasteiger partial charge < -0.3 is 10.6 Å². The number of hydrogen-bond acceptors (Lipinski definition) is 3. The number of hydrogen-bond donors (Lipinski definition) is 1. The number of nitrogens with two attached hydrogens (primary N) is 1. The van der Waals surface area contributed by atoms with Crippen LogP contribution in [0.1, 0.15) is 38.5 Å². The van der Waals surface area contributed by atoms with Crippen molar-refractivity contribution in [1.82, 2.24) is 9.80 Å². The molecule has 2 rings (SSSR count). The van der Waals surface area contributed by atoms with Crippen molar-refractivity contribution < 1.29 is 0 Å². The fourth-order valence-electron chi connectivity index (χ4n) is 3.38. The molecule has 2 aliphatic rings. The molecule has 3 heteroatoms. The van der Waals surface area contributed by atoms with E-state index in [1.165, 1.54) is 51.6 Å². The average molecular weight is 225 g/mol. The van der Waals surface area contributed by atoms with Gasteiger partial charge in [-0.25, -0.2) is 0 Å². The molecule has 0 aromatic heterocycles. The van der Waals surface area contributed by atoms with Crippen LogP contribution in [0.25, 0.3) is 0 Å². The maximum atomic E-state index is 5.70. The van der Waals surface area contributed by atoms with Gasteiger partial charge in [-0.15, -0.1) is 0 Å². The summed E-state index contributed by atoms with van der Waals surface area (Å²) in [4.78, 5) is 5.19. The van der Waals surface area contributed by atoms with Crippen molar-refractivity contribution >= 4 is 0 Å². The standard InChI is InChI=1S/C13H27N3/c1-15-8-4-6-12(15)11-13-5-2-3-9-16(13)10-7-14/h12-13H,2-11,14H2,1H3. The fraction of sp³-hybridized carbons (Fsp3) is 1.00. The van der Waals surface area contributed by atoms with Crippen molar-refractivity contribution in [2.45, 2.75) is 50.6 Å². The van der Waals surface area contributed by atoms with Crippen LogP contribution in [-0.4, -0.2) is 55.1 Å². The molecule has 0 aromatic carbocycles. The molecule has 16 heavy (non-hydrogen) atoms. The van der Waals surface area contributed by atoms with Gasteiger partial charge in [-0.2, -0.15) is 0 Å². The summed E-state index contributed by atoms with van der Waals surface area (Å²) < 4.78 is 0. The molecule has 94 valence electrons. The van der Waals surface area contributed by atoms with Gasteiger partial charge in [-0.3, -0.25) is 4.90 Å². The molecule has 2 unspecified atom stereocenters. The van der Waals surface area contributed by atoms with E-state index in [0.717, 1.165) is 25.2 Å². The van der Waals surface area contributed by atoms with Crippen LogP contribution < -0.4 is 5.73 Å². The molecule has 2 fully saturated rings. The van der Waals surface area contributed by atoms with Gasteiger partial charge in [0.2, 0.25) is 0 Å². The third-order valence-corrected chi connectivity index (χ3v) is 4.38. The Labute approximate surface area is 100.0 Å². The van der Waals surface area contributed by atoms with E-state index in [2.05, 4.69) is 16.8 Å². The van der Waals surface area contributed by atoms with Crippen LogP contribution in [0.3, 0.4) is 0 Å². The van der Waals surface area contributed by atoms with Crippen molar-refractivity contribution in [2.24, 2.45) is 5.73 Å². The Morgan fingerprint density at radius 3 is 2.56 bits per heavy atom. The zero-order valence-electron chi connectivity index (χ0n) is 10.7. The molecular formula is C13H27N3. The molecule has 2 heterocycles. The van der Waals surface area contributed by atoms with Crippen LogP contribution in [0.5, 0.6) is 0 Å². The lowest BCUT2D eigenvalue weighted by molar-refractivity contribution is 0.119. The van der Waals surface area contributed by atoms with Crippen molar-refractivity contribution in [2.75, 3.05) is 33.2 Å². The summed E-state index contributed by atoms with van der Waals surface area (Å²) in [5.41, 5.74) is 5.70. The van der Waals surface area contributed by atoms with Crippen LogP contribution in [0.15, 0.2) is 0 Å². The van der Waals surface area contributed by atoms with E-state index in [-0.39, 0.29) is 0 Å². The molecule has 0 saturated carbocycles. The zero-order chi connectivity index (χ0) is 11.4. The van der Waals surface area contributed by atoms with E-state index >= 15 is 0 Å². The topological polar surface area (TPSA) is 32.5 Å². The molecular weight excluding hydrogens is 198 g/mol. The smallest absolute Gasteiger partial charge is 0.0111 e. The van der Waals surface area contributed by atoms with Gasteiger partial charge in [0.15, 0.2) is 0 Å². The Morgan fingerprint density at radius 1 is 1.06 bits per heavy atom. The predicted molar refractivity (Wildman–Crippen MR) is 68.5 cm³/mol. The monoisotopic (exact) mass is 225 g/mol. The van der Waals surface area contributed by atoms with Gasteiger partial charge in [0, 0.05) is 25.2 Å². The highest BCUT2D eigenvalue weighted by molar-refractivity contribution is 4.85. The van der Waals surface area contributed by atoms with Gasteiger partial charge >= 0.3 is 0 Å². The minimum Gasteiger partial charge on any atom is -0.329 e. The van der Waals surface area contributed by atoms with E-state index in [1.807, 2.05) is 0 Å². The minimum absolute atomic E-state index is 0.808. The molecule has 2 saturated heterocycles. The van der Waals surface area contributed by atoms with Crippen LogP contribution in [0.4, 0.5) is 0 Å². The predicted octanol–water partition coefficient (Wildman–Crippen LogP) is 1.28. The fourth-order valence-corrected chi connectivity index (χ4v) is 3.38. The van der Waals surface area contributed by atoms with Crippen LogP contribution in [0, 0.1) is 0 Å². The van der Waals surface area contributed by atoms with Gasteiger partial charge in [0.05, 0.1) is 0 Å². The molecule has 3 nitrogen and oxygen atoms in total. The molecule has 2 aliphatic heterocycles. The lowest BCUT2D eigenvalue weighted by Crippen LogP contribution is -2.45. The Hall–Kier alpha value is -0.120. The molecule has 2 N–H and O–H groups in total. The van der Waals surface area contributed by atoms with Crippen LogP contribution >= 0.6 is 0 Å². The van der Waals surface area contributed by atoms with Crippen molar-refractivity contribution in [3.63, 3.8) is 0 Å². The summed E-state index contributed by atoms with van der Waals surface area (Å²) in [7, 11) is 2.29. The van der Waals surface area contributed by atoms with E-state index in [0.29, 0.717) is 0 Å². The molecule has 0 amide bonds. The van der Waals surface area contributed by atoms with E-state index in [9.17, 15) is 0 Å². The maximum absolute atomic E-state index is 5.70. The van der Waals surface area contributed by atoms with Crippen molar-refractivity contribution in [3.8, 4) is 0 Å². The number of likely N-dealkylation sites (tertiary alicyclic amines) is 2. The number of nitrogens with zero attached hydrogens (tertiary/aromatic N) is 2. The lowest BCUT2D eigenvalue weighted by Gasteiger charge is -2.38. The summed E-state index contributed by atoms with van der Waals surface area (Å²) >= 11 is 0. The molecule has 2 atom stereocenters. The largest absolute Gasteiger partial charge is 0.329 e.